The van der Waals surface area contributed by atoms with Crippen LogP contribution in [-0.2, 0) is 27.3 Å². The van der Waals surface area contributed by atoms with Crippen molar-refractivity contribution in [3.05, 3.63) is 41.1 Å². The number of carbonyl (C=O) groups is 3. The molecule has 0 spiro atoms. The van der Waals surface area contributed by atoms with Crippen LogP contribution in [0.1, 0.15) is 51.3 Å². The van der Waals surface area contributed by atoms with Crippen molar-refractivity contribution < 1.29 is 29.0 Å². The van der Waals surface area contributed by atoms with Gasteiger partial charge in [-0.2, -0.15) is 0 Å². The third-order valence-corrected chi connectivity index (χ3v) is 8.29. The van der Waals surface area contributed by atoms with Gasteiger partial charge in [-0.1, -0.05) is 6.92 Å². The number of tetrazole rings is 1. The van der Waals surface area contributed by atoms with Crippen LogP contribution in [-0.4, -0.2) is 91.1 Å². The van der Waals surface area contributed by atoms with E-state index in [0.717, 1.165) is 42.6 Å². The van der Waals surface area contributed by atoms with E-state index >= 15 is 4.39 Å². The minimum atomic E-state index is -1.20. The number of allylic oxidation sites excluding steroid dienone is 1. The second kappa shape index (κ2) is 12.2. The first-order valence-corrected chi connectivity index (χ1v) is 14.1. The topological polar surface area (TPSA) is 166 Å². The van der Waals surface area contributed by atoms with Crippen molar-refractivity contribution in [3.8, 4) is 0 Å². The van der Waals surface area contributed by atoms with Gasteiger partial charge in [0.1, 0.15) is 18.4 Å². The van der Waals surface area contributed by atoms with Crippen LogP contribution in [0.4, 0.5) is 15.8 Å². The lowest BCUT2D eigenvalue weighted by molar-refractivity contribution is -0.139. The summed E-state index contributed by atoms with van der Waals surface area (Å²) in [5.74, 6) is -2.47. The second-order valence-electron chi connectivity index (χ2n) is 11.3. The molecule has 2 aromatic rings. The molecule has 0 radical (unpaired) electrons. The van der Waals surface area contributed by atoms with E-state index in [2.05, 4.69) is 37.7 Å². The summed E-state index contributed by atoms with van der Waals surface area (Å²) in [6.07, 6.45) is 5.49. The maximum Gasteiger partial charge on any atom is 0.326 e. The van der Waals surface area contributed by atoms with E-state index in [1.165, 1.54) is 17.7 Å². The monoisotopic (exact) mass is 582 g/mol. The molecule has 42 heavy (non-hydrogen) atoms. The second-order valence-corrected chi connectivity index (χ2v) is 11.3. The fourth-order valence-electron chi connectivity index (χ4n) is 6.22. The molecule has 1 aliphatic heterocycles. The van der Waals surface area contributed by atoms with Crippen LogP contribution in [0.3, 0.4) is 0 Å². The van der Waals surface area contributed by atoms with E-state index < -0.39 is 30.3 Å². The Kier molecular flexibility index (Phi) is 8.50. The smallest absolute Gasteiger partial charge is 0.326 e. The normalized spacial score (nSPS) is 22.7. The summed E-state index contributed by atoms with van der Waals surface area (Å²) in [6.45, 7) is 2.38. The number of anilines is 2. The number of hydrogen-bond acceptors (Lipinski definition) is 10. The maximum absolute atomic E-state index is 15.6. The first kappa shape index (κ1) is 29.1. The molecule has 3 unspecified atom stereocenters. The van der Waals surface area contributed by atoms with Gasteiger partial charge in [0.2, 0.25) is 0 Å². The highest BCUT2D eigenvalue weighted by atomic mass is 19.1. The van der Waals surface area contributed by atoms with Crippen LogP contribution >= 0.6 is 0 Å². The molecular weight excluding hydrogens is 547 g/mol. The Morgan fingerprint density at radius 3 is 2.74 bits per heavy atom. The van der Waals surface area contributed by atoms with Crippen molar-refractivity contribution in [2.24, 2.45) is 10.9 Å². The Morgan fingerprint density at radius 1 is 1.24 bits per heavy atom. The number of carboxylic acids is 2. The van der Waals surface area contributed by atoms with Crippen molar-refractivity contribution >= 4 is 35.4 Å². The molecule has 1 aromatic carbocycles. The number of nitrogens with one attached hydrogen (secondary N) is 1. The number of aromatic nitrogens is 4. The maximum atomic E-state index is 15.6. The number of carboxylic acid groups (broad SMARTS) is 2. The summed E-state index contributed by atoms with van der Waals surface area (Å²) >= 11 is 0. The molecule has 4 atom stereocenters. The fraction of sp³-hybridized carbons (Fsp3) is 0.536. The fourth-order valence-corrected chi connectivity index (χ4v) is 6.22. The summed E-state index contributed by atoms with van der Waals surface area (Å²) in [7, 11) is 1.97. The minimum absolute atomic E-state index is 0.00157. The highest BCUT2D eigenvalue weighted by Gasteiger charge is 2.41. The van der Waals surface area contributed by atoms with Crippen LogP contribution in [0.5, 0.6) is 0 Å². The molecule has 224 valence electrons. The molecule has 3 N–H and O–H groups in total. The van der Waals surface area contributed by atoms with Gasteiger partial charge in [-0.15, -0.1) is 5.10 Å². The first-order valence-electron chi connectivity index (χ1n) is 14.1. The van der Waals surface area contributed by atoms with Crippen molar-refractivity contribution in [1.82, 2.24) is 25.1 Å². The molecule has 0 amide bonds. The predicted octanol–water partition coefficient (Wildman–Crippen LogP) is 2.35. The largest absolute Gasteiger partial charge is 0.480 e. The number of halogens is 1. The molecule has 13 nitrogen and oxygen atoms in total. The molecule has 1 fully saturated rings. The number of nitrogens with zero attached hydrogens (tertiary/aromatic N) is 7. The summed E-state index contributed by atoms with van der Waals surface area (Å²) in [6, 6.07) is 3.09. The Morgan fingerprint density at radius 2 is 2.05 bits per heavy atom. The zero-order valence-electron chi connectivity index (χ0n) is 23.6. The molecule has 2 heterocycles. The Hall–Kier alpha value is -4.36. The zero-order valence-corrected chi connectivity index (χ0v) is 23.6. The minimum Gasteiger partial charge on any atom is -0.480 e. The number of rotatable bonds is 11. The number of hydrogen-bond donors (Lipinski definition) is 3. The van der Waals surface area contributed by atoms with Crippen LogP contribution in [0.2, 0.25) is 0 Å². The zero-order chi connectivity index (χ0) is 30.0. The number of ketones is 1. The lowest BCUT2D eigenvalue weighted by atomic mass is 9.87. The van der Waals surface area contributed by atoms with Gasteiger partial charge in [0, 0.05) is 43.9 Å². The molecule has 0 bridgehead atoms. The van der Waals surface area contributed by atoms with Gasteiger partial charge < -0.3 is 25.3 Å². The number of carbonyl (C=O) groups excluding carboxylic acids is 1. The van der Waals surface area contributed by atoms with Gasteiger partial charge in [-0.05, 0) is 72.2 Å². The van der Waals surface area contributed by atoms with Crippen LogP contribution in [0.15, 0.2) is 34.5 Å². The van der Waals surface area contributed by atoms with Crippen molar-refractivity contribution in [2.75, 3.05) is 23.8 Å². The highest BCUT2D eigenvalue weighted by Crippen LogP contribution is 2.39. The van der Waals surface area contributed by atoms with E-state index in [4.69, 9.17) is 5.11 Å². The van der Waals surface area contributed by atoms with Crippen molar-refractivity contribution in [3.63, 3.8) is 0 Å². The molecule has 5 rings (SSSR count). The van der Waals surface area contributed by atoms with Crippen LogP contribution < -0.4 is 10.2 Å². The van der Waals surface area contributed by atoms with E-state index in [1.807, 2.05) is 18.3 Å². The van der Waals surface area contributed by atoms with Gasteiger partial charge in [-0.3, -0.25) is 9.59 Å². The SMILES string of the molecule is CC1CCC(=O)C1N(c1ccc(N[C@@H](CCc2nnnn2CC(=O)O)C(=O)O)c(F)c1)C1CCC2=C(C1)CN(C)C=N2. The van der Waals surface area contributed by atoms with E-state index in [0.29, 0.717) is 12.1 Å². The number of benzene rings is 1. The van der Waals surface area contributed by atoms with Gasteiger partial charge >= 0.3 is 11.9 Å². The molecule has 3 aliphatic rings. The molecule has 1 aromatic heterocycles. The van der Waals surface area contributed by atoms with Crippen LogP contribution in [0.25, 0.3) is 0 Å². The Labute approximate surface area is 242 Å². The Bertz CT molecular complexity index is 1420. The summed E-state index contributed by atoms with van der Waals surface area (Å²) in [5, 5.41) is 32.4. The number of aliphatic imine (C=N–C) groups is 1. The number of aryl methyl sites for hydroxylation is 1. The highest BCUT2D eigenvalue weighted by molar-refractivity contribution is 5.90. The number of aliphatic carboxylic acids is 2. The summed E-state index contributed by atoms with van der Waals surface area (Å²) < 4.78 is 16.7. The van der Waals surface area contributed by atoms with E-state index in [-0.39, 0.29) is 48.1 Å². The lowest BCUT2D eigenvalue weighted by Crippen LogP contribution is -2.49. The van der Waals surface area contributed by atoms with Gasteiger partial charge in [0.25, 0.3) is 0 Å². The van der Waals surface area contributed by atoms with Gasteiger partial charge in [0.05, 0.1) is 18.1 Å². The van der Waals surface area contributed by atoms with Crippen LogP contribution in [0, 0.1) is 11.7 Å². The first-order chi connectivity index (χ1) is 20.1. The Balaban J connectivity index is 1.36. The quantitative estimate of drug-likeness (QED) is 0.356. The number of likely N-dealkylation sites (N-methyl/N-ethyl adjacent to an activating group) is 1. The van der Waals surface area contributed by atoms with Gasteiger partial charge in [0.15, 0.2) is 11.6 Å². The molecule has 14 heteroatoms. The lowest BCUT2D eigenvalue weighted by Gasteiger charge is -2.43. The molecular formula is C28H35FN8O5. The van der Waals surface area contributed by atoms with E-state index in [1.54, 1.807) is 6.07 Å². The molecule has 0 saturated heterocycles. The van der Waals surface area contributed by atoms with Gasteiger partial charge in [-0.25, -0.2) is 18.9 Å². The van der Waals surface area contributed by atoms with Crippen molar-refractivity contribution in [1.29, 1.82) is 0 Å². The van der Waals surface area contributed by atoms with E-state index in [9.17, 15) is 19.5 Å². The predicted molar refractivity (Wildman–Crippen MR) is 151 cm³/mol. The molecule has 1 saturated carbocycles. The average molecular weight is 583 g/mol. The third kappa shape index (κ3) is 6.26. The number of Topliss-reactive ketones (excluding diaryl/α,β-unsaturated/α-hetero) is 1. The standard InChI is InChI=1S/C28H35FN8O5/c1-16-3-9-24(38)27(16)37(18-4-6-21-17(11-18)13-35(2)15-30-21)19-5-7-22(20(29)12-19)31-23(28(41)42)8-10-25-32-33-34-36(25)14-26(39)40/h5,7,12,15-16,18,23,27,31H,3-4,6,8-11,13-14H2,1-2H3,(H,39,40)(H,41,42)/t16?,18?,23-,27?/m0/s1. The average Bonchev–Trinajstić information content (AvgIpc) is 3.52. The summed E-state index contributed by atoms with van der Waals surface area (Å²) in [4.78, 5) is 44.8. The van der Waals surface area contributed by atoms with Crippen molar-refractivity contribution in [2.45, 2.75) is 76.5 Å². The molecule has 2 aliphatic carbocycles. The third-order valence-electron chi connectivity index (χ3n) is 8.29. The summed E-state index contributed by atoms with van der Waals surface area (Å²) in [5.41, 5.74) is 2.93.